The van der Waals surface area contributed by atoms with Gasteiger partial charge in [-0.15, -0.1) is 11.3 Å². The second-order valence-corrected chi connectivity index (χ2v) is 6.79. The molecular weight excluding hydrogens is 289 g/mol. The van der Waals surface area contributed by atoms with Gasteiger partial charge >= 0.3 is 0 Å². The molecule has 0 aliphatic carbocycles. The van der Waals surface area contributed by atoms with Gasteiger partial charge in [0.1, 0.15) is 10.2 Å². The molecular formula is C12H15Cl2N3S. The number of halogens is 2. The summed E-state index contributed by atoms with van der Waals surface area (Å²) in [7, 11) is 0. The first-order valence-electron chi connectivity index (χ1n) is 5.73. The van der Waals surface area contributed by atoms with Crippen LogP contribution in [-0.4, -0.2) is 16.5 Å². The number of nitrogens with zero attached hydrogens (tertiary/aromatic N) is 1. The van der Waals surface area contributed by atoms with E-state index in [2.05, 4.69) is 23.8 Å². The van der Waals surface area contributed by atoms with Gasteiger partial charge in [-0.3, -0.25) is 0 Å². The van der Waals surface area contributed by atoms with E-state index in [1.54, 1.807) is 6.20 Å². The van der Waals surface area contributed by atoms with E-state index in [1.165, 1.54) is 11.3 Å². The zero-order chi connectivity index (χ0) is 13.3. The summed E-state index contributed by atoms with van der Waals surface area (Å²) in [5, 5.41) is 0. The number of hydrogen-bond donors (Lipinski definition) is 2. The molecule has 2 rings (SSSR count). The fraction of sp³-hybridized carbons (Fsp3) is 0.417. The van der Waals surface area contributed by atoms with Gasteiger partial charge in [0.2, 0.25) is 0 Å². The second-order valence-electron chi connectivity index (χ2n) is 4.51. The number of nitrogens with one attached hydrogen (secondary N) is 1. The third-order valence-electron chi connectivity index (χ3n) is 2.95. The molecule has 0 aliphatic rings. The van der Waals surface area contributed by atoms with Crippen LogP contribution in [0.4, 0.5) is 0 Å². The lowest BCUT2D eigenvalue weighted by molar-refractivity contribution is 0.487. The molecule has 3 N–H and O–H groups in total. The van der Waals surface area contributed by atoms with Crippen LogP contribution in [0.3, 0.4) is 0 Å². The Hall–Kier alpha value is -0.550. The second kappa shape index (κ2) is 5.61. The molecule has 2 aromatic heterocycles. The SMILES string of the molecule is CC(C)C(CN)c1ncc(-c2cc(Cl)sc2Cl)[nH]1. The zero-order valence-corrected chi connectivity index (χ0v) is 12.5. The number of hydrogen-bond acceptors (Lipinski definition) is 3. The summed E-state index contributed by atoms with van der Waals surface area (Å²) in [6, 6.07) is 1.85. The first-order valence-corrected chi connectivity index (χ1v) is 7.30. The third-order valence-corrected chi connectivity index (χ3v) is 4.44. The summed E-state index contributed by atoms with van der Waals surface area (Å²) in [5.74, 6) is 1.57. The molecule has 3 nitrogen and oxygen atoms in total. The molecule has 0 saturated carbocycles. The molecule has 1 unspecified atom stereocenters. The molecule has 0 saturated heterocycles. The normalized spacial score (nSPS) is 13.2. The van der Waals surface area contributed by atoms with Gasteiger partial charge in [-0.2, -0.15) is 0 Å². The average molecular weight is 304 g/mol. The van der Waals surface area contributed by atoms with Crippen LogP contribution in [0.2, 0.25) is 8.67 Å². The molecule has 0 aromatic carbocycles. The lowest BCUT2D eigenvalue weighted by Gasteiger charge is -2.15. The lowest BCUT2D eigenvalue weighted by Crippen LogP contribution is -2.19. The van der Waals surface area contributed by atoms with Crippen LogP contribution in [-0.2, 0) is 0 Å². The number of aromatic amines is 1. The van der Waals surface area contributed by atoms with Gasteiger partial charge in [-0.25, -0.2) is 4.98 Å². The molecule has 6 heteroatoms. The van der Waals surface area contributed by atoms with E-state index in [0.29, 0.717) is 21.1 Å². The van der Waals surface area contributed by atoms with E-state index >= 15 is 0 Å². The maximum atomic E-state index is 6.13. The van der Waals surface area contributed by atoms with Crippen molar-refractivity contribution in [2.75, 3.05) is 6.54 Å². The third kappa shape index (κ3) is 2.72. The van der Waals surface area contributed by atoms with Crippen LogP contribution in [0.1, 0.15) is 25.6 Å². The highest BCUT2D eigenvalue weighted by Gasteiger charge is 2.19. The Balaban J connectivity index is 2.33. The summed E-state index contributed by atoms with van der Waals surface area (Å²) in [4.78, 5) is 7.69. The molecule has 1 atom stereocenters. The molecule has 2 aromatic rings. The summed E-state index contributed by atoms with van der Waals surface area (Å²) in [6.07, 6.45) is 1.78. The van der Waals surface area contributed by atoms with Gasteiger partial charge in [0.05, 0.1) is 16.2 Å². The molecule has 0 spiro atoms. The van der Waals surface area contributed by atoms with Crippen LogP contribution in [0, 0.1) is 5.92 Å². The fourth-order valence-electron chi connectivity index (χ4n) is 1.89. The Labute approximate surface area is 120 Å². The van der Waals surface area contributed by atoms with Crippen molar-refractivity contribution in [3.05, 3.63) is 26.8 Å². The van der Waals surface area contributed by atoms with E-state index in [-0.39, 0.29) is 5.92 Å². The van der Waals surface area contributed by atoms with Crippen molar-refractivity contribution in [1.82, 2.24) is 9.97 Å². The van der Waals surface area contributed by atoms with E-state index in [0.717, 1.165) is 17.1 Å². The Morgan fingerprint density at radius 1 is 1.44 bits per heavy atom. The minimum absolute atomic E-state index is 0.228. The quantitative estimate of drug-likeness (QED) is 0.891. The number of thiophene rings is 1. The first-order chi connectivity index (χ1) is 8.52. The van der Waals surface area contributed by atoms with Gasteiger partial charge in [-0.1, -0.05) is 37.0 Å². The van der Waals surface area contributed by atoms with E-state index in [4.69, 9.17) is 28.9 Å². The van der Waals surface area contributed by atoms with Crippen molar-refractivity contribution < 1.29 is 0 Å². The van der Waals surface area contributed by atoms with Gasteiger partial charge in [0, 0.05) is 18.0 Å². The van der Waals surface area contributed by atoms with Crippen molar-refractivity contribution in [2.24, 2.45) is 11.7 Å². The van der Waals surface area contributed by atoms with Gasteiger partial charge in [0.15, 0.2) is 0 Å². The van der Waals surface area contributed by atoms with Crippen LogP contribution in [0.25, 0.3) is 11.3 Å². The summed E-state index contributed by atoms with van der Waals surface area (Å²) < 4.78 is 1.34. The molecule has 98 valence electrons. The maximum absolute atomic E-state index is 6.13. The van der Waals surface area contributed by atoms with Crippen molar-refractivity contribution >= 4 is 34.5 Å². The number of rotatable bonds is 4. The standard InChI is InChI=1S/C12H15Cl2N3S/c1-6(2)8(4-15)12-16-5-9(17-12)7-3-10(13)18-11(7)14/h3,5-6,8H,4,15H2,1-2H3,(H,16,17). The molecule has 2 heterocycles. The Morgan fingerprint density at radius 3 is 2.67 bits per heavy atom. The van der Waals surface area contributed by atoms with E-state index in [9.17, 15) is 0 Å². The van der Waals surface area contributed by atoms with E-state index in [1.807, 2.05) is 6.07 Å². The Morgan fingerprint density at radius 2 is 2.17 bits per heavy atom. The molecule has 0 fully saturated rings. The predicted molar refractivity (Wildman–Crippen MR) is 78.6 cm³/mol. The highest BCUT2D eigenvalue weighted by Crippen LogP contribution is 2.37. The molecule has 18 heavy (non-hydrogen) atoms. The largest absolute Gasteiger partial charge is 0.342 e. The lowest BCUT2D eigenvalue weighted by atomic mass is 9.95. The van der Waals surface area contributed by atoms with Gasteiger partial charge < -0.3 is 10.7 Å². The predicted octanol–water partition coefficient (Wildman–Crippen LogP) is 4.14. The zero-order valence-electron chi connectivity index (χ0n) is 10.2. The van der Waals surface area contributed by atoms with Crippen LogP contribution in [0.15, 0.2) is 12.3 Å². The topological polar surface area (TPSA) is 54.7 Å². The van der Waals surface area contributed by atoms with Crippen molar-refractivity contribution in [2.45, 2.75) is 19.8 Å². The van der Waals surface area contributed by atoms with Crippen molar-refractivity contribution in [3.8, 4) is 11.3 Å². The van der Waals surface area contributed by atoms with E-state index < -0.39 is 0 Å². The van der Waals surface area contributed by atoms with Crippen LogP contribution >= 0.6 is 34.5 Å². The van der Waals surface area contributed by atoms with Gasteiger partial charge in [-0.05, 0) is 12.0 Å². The van der Waals surface area contributed by atoms with Gasteiger partial charge in [0.25, 0.3) is 0 Å². The molecule has 0 amide bonds. The Kier molecular flexibility index (Phi) is 4.33. The van der Waals surface area contributed by atoms with Crippen LogP contribution in [0.5, 0.6) is 0 Å². The maximum Gasteiger partial charge on any atom is 0.111 e. The van der Waals surface area contributed by atoms with Crippen molar-refractivity contribution in [3.63, 3.8) is 0 Å². The van der Waals surface area contributed by atoms with Crippen LogP contribution < -0.4 is 5.73 Å². The number of aromatic nitrogens is 2. The minimum Gasteiger partial charge on any atom is -0.342 e. The molecule has 0 radical (unpaired) electrons. The highest BCUT2D eigenvalue weighted by atomic mass is 35.5. The number of H-pyrrole nitrogens is 1. The smallest absolute Gasteiger partial charge is 0.111 e. The van der Waals surface area contributed by atoms with Crippen molar-refractivity contribution in [1.29, 1.82) is 0 Å². The minimum atomic E-state index is 0.228. The molecule has 0 bridgehead atoms. The number of imidazole rings is 1. The first kappa shape index (κ1) is 13.9. The fourth-order valence-corrected chi connectivity index (χ4v) is 3.38. The summed E-state index contributed by atoms with van der Waals surface area (Å²) >= 11 is 13.4. The Bertz CT molecular complexity index is 533. The number of nitrogens with two attached hydrogens (primary N) is 1. The summed E-state index contributed by atoms with van der Waals surface area (Å²) in [6.45, 7) is 4.84. The summed E-state index contributed by atoms with van der Waals surface area (Å²) in [5.41, 5.74) is 7.56. The molecule has 0 aliphatic heterocycles. The monoisotopic (exact) mass is 303 g/mol. The average Bonchev–Trinajstić information content (AvgIpc) is 2.86. The highest BCUT2D eigenvalue weighted by molar-refractivity contribution is 7.20.